The van der Waals surface area contributed by atoms with Crippen molar-refractivity contribution in [3.63, 3.8) is 0 Å². The Bertz CT molecular complexity index is 1150. The Balaban J connectivity index is 1.66. The summed E-state index contributed by atoms with van der Waals surface area (Å²) < 4.78 is 8.28. The summed E-state index contributed by atoms with van der Waals surface area (Å²) >= 11 is 6.85. The molecule has 0 aliphatic carbocycles. The lowest BCUT2D eigenvalue weighted by atomic mass is 10.2. The van der Waals surface area contributed by atoms with Gasteiger partial charge >= 0.3 is 0 Å². The summed E-state index contributed by atoms with van der Waals surface area (Å²) in [6.07, 6.45) is 1.94. The standard InChI is InChI=1S/C24H22N2O2S2/c1-16-13-19(17(2)26(16)20-11-7-8-12-21(20)28-3)14-22-23(27)25(24(29)30-22)15-18-9-5-4-6-10-18/h4-14H,15H2,1-3H3. The van der Waals surface area contributed by atoms with Crippen LogP contribution in [0.25, 0.3) is 11.8 Å². The van der Waals surface area contributed by atoms with Crippen LogP contribution in [0.3, 0.4) is 0 Å². The van der Waals surface area contributed by atoms with E-state index in [1.165, 1.54) is 11.8 Å². The molecule has 4 nitrogen and oxygen atoms in total. The number of carbonyl (C=O) groups is 1. The van der Waals surface area contributed by atoms with Crippen LogP contribution in [0.4, 0.5) is 0 Å². The van der Waals surface area contributed by atoms with Gasteiger partial charge in [-0.2, -0.15) is 0 Å². The van der Waals surface area contributed by atoms with E-state index in [-0.39, 0.29) is 5.91 Å². The van der Waals surface area contributed by atoms with Crippen molar-refractivity contribution in [3.05, 3.63) is 88.1 Å². The first kappa shape index (κ1) is 20.4. The van der Waals surface area contributed by atoms with E-state index < -0.39 is 0 Å². The summed E-state index contributed by atoms with van der Waals surface area (Å²) in [5, 5.41) is 0. The van der Waals surface area contributed by atoms with E-state index in [4.69, 9.17) is 17.0 Å². The number of aryl methyl sites for hydroxylation is 1. The van der Waals surface area contributed by atoms with E-state index >= 15 is 0 Å². The van der Waals surface area contributed by atoms with E-state index in [9.17, 15) is 4.79 Å². The molecule has 2 heterocycles. The van der Waals surface area contributed by atoms with Gasteiger partial charge in [0.1, 0.15) is 10.1 Å². The molecule has 30 heavy (non-hydrogen) atoms. The fraction of sp³-hybridized carbons (Fsp3) is 0.167. The van der Waals surface area contributed by atoms with Crippen LogP contribution >= 0.6 is 24.0 Å². The van der Waals surface area contributed by atoms with Crippen LogP contribution in [-0.4, -0.2) is 26.8 Å². The maximum Gasteiger partial charge on any atom is 0.266 e. The van der Waals surface area contributed by atoms with Crippen molar-refractivity contribution in [2.24, 2.45) is 0 Å². The topological polar surface area (TPSA) is 34.5 Å². The molecule has 0 unspecified atom stereocenters. The Kier molecular flexibility index (Phi) is 5.79. The minimum absolute atomic E-state index is 0.0454. The molecule has 1 saturated heterocycles. The van der Waals surface area contributed by atoms with Crippen LogP contribution in [0.5, 0.6) is 5.75 Å². The Morgan fingerprint density at radius 1 is 1.07 bits per heavy atom. The minimum atomic E-state index is -0.0454. The number of methoxy groups -OCH3 is 1. The largest absolute Gasteiger partial charge is 0.495 e. The van der Waals surface area contributed by atoms with Crippen molar-refractivity contribution in [1.29, 1.82) is 0 Å². The minimum Gasteiger partial charge on any atom is -0.495 e. The van der Waals surface area contributed by atoms with Gasteiger partial charge in [-0.1, -0.05) is 66.4 Å². The third-order valence-corrected chi connectivity index (χ3v) is 6.52. The summed E-state index contributed by atoms with van der Waals surface area (Å²) in [5.41, 5.74) is 5.16. The zero-order chi connectivity index (χ0) is 21.3. The van der Waals surface area contributed by atoms with Crippen molar-refractivity contribution in [3.8, 4) is 11.4 Å². The average molecular weight is 435 g/mol. The fourth-order valence-electron chi connectivity index (χ4n) is 3.66. The van der Waals surface area contributed by atoms with Crippen LogP contribution in [0.2, 0.25) is 0 Å². The number of carbonyl (C=O) groups excluding carboxylic acids is 1. The molecule has 4 rings (SSSR count). The first-order chi connectivity index (χ1) is 14.5. The molecule has 0 saturated carbocycles. The van der Waals surface area contributed by atoms with Gasteiger partial charge in [0.15, 0.2) is 0 Å². The van der Waals surface area contributed by atoms with E-state index in [1.807, 2.05) is 60.7 Å². The first-order valence-electron chi connectivity index (χ1n) is 9.61. The molecule has 0 radical (unpaired) electrons. The number of amides is 1. The summed E-state index contributed by atoms with van der Waals surface area (Å²) in [6, 6.07) is 19.9. The van der Waals surface area contributed by atoms with Gasteiger partial charge in [-0.05, 0) is 49.2 Å². The van der Waals surface area contributed by atoms with Crippen LogP contribution in [-0.2, 0) is 11.3 Å². The number of aromatic nitrogens is 1. The van der Waals surface area contributed by atoms with Gasteiger partial charge in [0.25, 0.3) is 5.91 Å². The van der Waals surface area contributed by atoms with E-state index in [0.717, 1.165) is 34.0 Å². The van der Waals surface area contributed by atoms with Gasteiger partial charge in [-0.3, -0.25) is 9.69 Å². The van der Waals surface area contributed by atoms with E-state index in [0.29, 0.717) is 15.8 Å². The van der Waals surface area contributed by atoms with Gasteiger partial charge in [0.05, 0.1) is 24.2 Å². The maximum absolute atomic E-state index is 13.0. The Morgan fingerprint density at radius 2 is 1.77 bits per heavy atom. The fourth-order valence-corrected chi connectivity index (χ4v) is 4.91. The predicted molar refractivity (Wildman–Crippen MR) is 127 cm³/mol. The highest BCUT2D eigenvalue weighted by atomic mass is 32.2. The predicted octanol–water partition coefficient (Wildman–Crippen LogP) is 5.50. The van der Waals surface area contributed by atoms with Crippen LogP contribution in [0, 0.1) is 13.8 Å². The van der Waals surface area contributed by atoms with Gasteiger partial charge < -0.3 is 9.30 Å². The van der Waals surface area contributed by atoms with Crippen molar-refractivity contribution in [1.82, 2.24) is 9.47 Å². The molecular formula is C24H22N2O2S2. The lowest BCUT2D eigenvalue weighted by molar-refractivity contribution is -0.122. The van der Waals surface area contributed by atoms with E-state index in [2.05, 4.69) is 24.5 Å². The smallest absolute Gasteiger partial charge is 0.266 e. The van der Waals surface area contributed by atoms with Gasteiger partial charge in [-0.15, -0.1) is 0 Å². The molecule has 1 aromatic heterocycles. The maximum atomic E-state index is 13.0. The third-order valence-electron chi connectivity index (χ3n) is 5.14. The molecule has 6 heteroatoms. The van der Waals surface area contributed by atoms with Crippen LogP contribution in [0.1, 0.15) is 22.5 Å². The highest BCUT2D eigenvalue weighted by Gasteiger charge is 2.32. The second kappa shape index (κ2) is 8.50. The van der Waals surface area contributed by atoms with Gasteiger partial charge in [0.2, 0.25) is 0 Å². The highest BCUT2D eigenvalue weighted by molar-refractivity contribution is 8.26. The molecule has 0 bridgehead atoms. The molecule has 0 atom stereocenters. The number of nitrogens with zero attached hydrogens (tertiary/aromatic N) is 2. The third kappa shape index (κ3) is 3.80. The molecule has 1 aliphatic rings. The molecule has 152 valence electrons. The second-order valence-corrected chi connectivity index (χ2v) is 8.76. The number of thioether (sulfide) groups is 1. The molecule has 1 amide bonds. The molecule has 1 fully saturated rings. The monoisotopic (exact) mass is 434 g/mol. The van der Waals surface area contributed by atoms with Crippen molar-refractivity contribution in [2.75, 3.05) is 7.11 Å². The summed E-state index contributed by atoms with van der Waals surface area (Å²) in [4.78, 5) is 15.3. The molecule has 0 spiro atoms. The molecule has 2 aromatic carbocycles. The normalized spacial score (nSPS) is 15.3. The zero-order valence-electron chi connectivity index (χ0n) is 17.1. The quantitative estimate of drug-likeness (QED) is 0.392. The Hall–Kier alpha value is -2.83. The second-order valence-electron chi connectivity index (χ2n) is 7.09. The number of hydrogen-bond donors (Lipinski definition) is 0. The lowest BCUT2D eigenvalue weighted by Gasteiger charge is -2.14. The summed E-state index contributed by atoms with van der Waals surface area (Å²) in [6.45, 7) is 4.59. The van der Waals surface area contributed by atoms with E-state index in [1.54, 1.807) is 12.0 Å². The van der Waals surface area contributed by atoms with Gasteiger partial charge in [-0.25, -0.2) is 0 Å². The van der Waals surface area contributed by atoms with Crippen LogP contribution < -0.4 is 4.74 Å². The molecule has 1 aliphatic heterocycles. The summed E-state index contributed by atoms with van der Waals surface area (Å²) in [5.74, 6) is 0.760. The first-order valence-corrected chi connectivity index (χ1v) is 10.8. The molecular weight excluding hydrogens is 412 g/mol. The number of para-hydroxylation sites is 2. The molecule has 0 N–H and O–H groups in total. The number of thiocarbonyl (C=S) groups is 1. The van der Waals surface area contributed by atoms with Crippen molar-refractivity contribution < 1.29 is 9.53 Å². The number of rotatable bonds is 5. The Morgan fingerprint density at radius 3 is 2.50 bits per heavy atom. The average Bonchev–Trinajstić information content (AvgIpc) is 3.18. The number of hydrogen-bond acceptors (Lipinski definition) is 4. The van der Waals surface area contributed by atoms with Gasteiger partial charge in [0, 0.05) is 11.4 Å². The summed E-state index contributed by atoms with van der Waals surface area (Å²) in [7, 11) is 1.67. The number of ether oxygens (including phenoxy) is 1. The van der Waals surface area contributed by atoms with Crippen molar-refractivity contribution >= 4 is 40.3 Å². The zero-order valence-corrected chi connectivity index (χ0v) is 18.7. The lowest BCUT2D eigenvalue weighted by Crippen LogP contribution is -2.27. The SMILES string of the molecule is COc1ccccc1-n1c(C)cc(C=C2SC(=S)N(Cc3ccccc3)C2=O)c1C. The molecule has 3 aromatic rings. The Labute approximate surface area is 186 Å². The van der Waals surface area contributed by atoms with Crippen LogP contribution in [0.15, 0.2) is 65.6 Å². The van der Waals surface area contributed by atoms with Crippen molar-refractivity contribution in [2.45, 2.75) is 20.4 Å². The number of benzene rings is 2. The highest BCUT2D eigenvalue weighted by Crippen LogP contribution is 2.35.